The number of fused-ring (bicyclic) bond motifs is 1. The standard InChI is InChI=1S/C24H26N4O5S/c1-3-33-23(30)18-14(2)25-21-20(19(18)16-9-11-17(12-10-16)28(31)32)22(29)27-24(26-21)34-13-15-7-5-4-6-8-15/h4-12,19-21,24-26H,3,13H2,1-2H3,(H,27,29). The van der Waals surface area contributed by atoms with Crippen molar-refractivity contribution in [2.24, 2.45) is 5.92 Å². The van der Waals surface area contributed by atoms with Gasteiger partial charge in [-0.05, 0) is 25.0 Å². The minimum atomic E-state index is -0.655. The summed E-state index contributed by atoms with van der Waals surface area (Å²) in [5.41, 5.74) is 2.36. The van der Waals surface area contributed by atoms with E-state index in [1.165, 1.54) is 12.1 Å². The minimum absolute atomic E-state index is 0.0591. The second-order valence-electron chi connectivity index (χ2n) is 8.09. The van der Waals surface area contributed by atoms with Crippen molar-refractivity contribution < 1.29 is 19.2 Å². The van der Waals surface area contributed by atoms with Crippen LogP contribution in [0.3, 0.4) is 0 Å². The van der Waals surface area contributed by atoms with Gasteiger partial charge in [0.05, 0.1) is 29.2 Å². The Bertz CT molecular complexity index is 1110. The lowest BCUT2D eigenvalue weighted by Gasteiger charge is -2.45. The number of hydrogen-bond donors (Lipinski definition) is 3. The van der Waals surface area contributed by atoms with Crippen LogP contribution in [-0.4, -0.2) is 35.1 Å². The molecule has 1 saturated heterocycles. The van der Waals surface area contributed by atoms with Crippen molar-refractivity contribution in [3.8, 4) is 0 Å². The summed E-state index contributed by atoms with van der Waals surface area (Å²) in [4.78, 5) is 36.9. The number of allylic oxidation sites excluding steroid dienone is 1. The number of thioether (sulfide) groups is 1. The topological polar surface area (TPSA) is 123 Å². The van der Waals surface area contributed by atoms with Gasteiger partial charge in [0.15, 0.2) is 0 Å². The summed E-state index contributed by atoms with van der Waals surface area (Å²) in [7, 11) is 0. The summed E-state index contributed by atoms with van der Waals surface area (Å²) < 4.78 is 5.29. The number of rotatable bonds is 7. The van der Waals surface area contributed by atoms with Crippen LogP contribution in [0.4, 0.5) is 5.69 Å². The van der Waals surface area contributed by atoms with Gasteiger partial charge in [0, 0.05) is 29.5 Å². The van der Waals surface area contributed by atoms with Gasteiger partial charge in [0.25, 0.3) is 5.69 Å². The molecule has 0 spiro atoms. The zero-order valence-electron chi connectivity index (χ0n) is 18.8. The molecule has 4 unspecified atom stereocenters. The van der Waals surface area contributed by atoms with Gasteiger partial charge in [-0.2, -0.15) is 0 Å². The van der Waals surface area contributed by atoms with Gasteiger partial charge in [0.1, 0.15) is 5.50 Å². The van der Waals surface area contributed by atoms with E-state index in [9.17, 15) is 19.7 Å². The number of benzene rings is 2. The molecule has 1 fully saturated rings. The Labute approximate surface area is 201 Å². The zero-order chi connectivity index (χ0) is 24.2. The zero-order valence-corrected chi connectivity index (χ0v) is 19.6. The Morgan fingerprint density at radius 2 is 1.82 bits per heavy atom. The predicted molar refractivity (Wildman–Crippen MR) is 128 cm³/mol. The first-order valence-corrected chi connectivity index (χ1v) is 12.0. The van der Waals surface area contributed by atoms with Gasteiger partial charge < -0.3 is 15.4 Å². The van der Waals surface area contributed by atoms with Gasteiger partial charge >= 0.3 is 5.97 Å². The van der Waals surface area contributed by atoms with Crippen LogP contribution in [0.5, 0.6) is 0 Å². The summed E-state index contributed by atoms with van der Waals surface area (Å²) in [6.45, 7) is 3.69. The number of hydrogen-bond acceptors (Lipinski definition) is 8. The van der Waals surface area contributed by atoms with Crippen molar-refractivity contribution in [2.45, 2.75) is 37.2 Å². The molecule has 2 heterocycles. The first kappa shape index (κ1) is 23.8. The highest BCUT2D eigenvalue weighted by Crippen LogP contribution is 2.41. The molecule has 0 radical (unpaired) electrons. The van der Waals surface area contributed by atoms with Gasteiger partial charge in [-0.1, -0.05) is 42.5 Å². The summed E-state index contributed by atoms with van der Waals surface area (Å²) in [5, 5.41) is 20.8. The van der Waals surface area contributed by atoms with Crippen LogP contribution in [0.2, 0.25) is 0 Å². The van der Waals surface area contributed by atoms with Crippen molar-refractivity contribution in [3.63, 3.8) is 0 Å². The molecule has 0 saturated carbocycles. The van der Waals surface area contributed by atoms with Crippen LogP contribution in [0.1, 0.15) is 30.9 Å². The molecule has 4 atom stereocenters. The van der Waals surface area contributed by atoms with Crippen LogP contribution >= 0.6 is 11.8 Å². The van der Waals surface area contributed by atoms with E-state index >= 15 is 0 Å². The van der Waals surface area contributed by atoms with E-state index in [1.807, 2.05) is 30.3 Å². The van der Waals surface area contributed by atoms with Gasteiger partial charge in [0.2, 0.25) is 5.91 Å². The third-order valence-electron chi connectivity index (χ3n) is 5.93. The van der Waals surface area contributed by atoms with E-state index in [4.69, 9.17) is 4.74 Å². The number of nitro benzene ring substituents is 1. The smallest absolute Gasteiger partial charge is 0.336 e. The van der Waals surface area contributed by atoms with Crippen molar-refractivity contribution >= 4 is 29.3 Å². The molecule has 4 rings (SSSR count). The first-order chi connectivity index (χ1) is 16.4. The highest BCUT2D eigenvalue weighted by atomic mass is 32.2. The lowest BCUT2D eigenvalue weighted by atomic mass is 9.74. The number of ether oxygens (including phenoxy) is 1. The maximum absolute atomic E-state index is 13.4. The molecule has 3 N–H and O–H groups in total. The summed E-state index contributed by atoms with van der Waals surface area (Å²) in [5.74, 6) is -1.29. The predicted octanol–water partition coefficient (Wildman–Crippen LogP) is 3.00. The molecule has 2 aromatic rings. The highest BCUT2D eigenvalue weighted by molar-refractivity contribution is 7.99. The monoisotopic (exact) mass is 482 g/mol. The Hall–Kier alpha value is -3.37. The average molecular weight is 483 g/mol. The van der Waals surface area contributed by atoms with Crippen molar-refractivity contribution in [3.05, 3.63) is 87.1 Å². The fraction of sp³-hybridized carbons (Fsp3) is 0.333. The largest absolute Gasteiger partial charge is 0.463 e. The first-order valence-electron chi connectivity index (χ1n) is 11.0. The van der Waals surface area contributed by atoms with Gasteiger partial charge in [-0.15, -0.1) is 11.8 Å². The van der Waals surface area contributed by atoms with Crippen LogP contribution < -0.4 is 16.0 Å². The van der Waals surface area contributed by atoms with Gasteiger partial charge in [-0.25, -0.2) is 4.79 Å². The lowest BCUT2D eigenvalue weighted by molar-refractivity contribution is -0.384. The molecule has 0 aromatic heterocycles. The van der Waals surface area contributed by atoms with Crippen LogP contribution in [0, 0.1) is 16.0 Å². The number of nitro groups is 1. The fourth-order valence-electron chi connectivity index (χ4n) is 4.39. The Balaban J connectivity index is 1.63. The summed E-state index contributed by atoms with van der Waals surface area (Å²) in [6.07, 6.45) is -0.430. The maximum atomic E-state index is 13.4. The number of esters is 1. The molecule has 9 nitrogen and oxygen atoms in total. The molecule has 2 aliphatic heterocycles. The number of carbonyl (C=O) groups is 2. The molecule has 178 valence electrons. The second kappa shape index (κ2) is 10.3. The quantitative estimate of drug-likeness (QED) is 0.313. The Morgan fingerprint density at radius 1 is 1.12 bits per heavy atom. The third-order valence-corrected chi connectivity index (χ3v) is 7.02. The van der Waals surface area contributed by atoms with E-state index in [1.54, 1.807) is 37.7 Å². The van der Waals surface area contributed by atoms with E-state index < -0.39 is 28.9 Å². The molecule has 34 heavy (non-hydrogen) atoms. The fourth-order valence-corrected chi connectivity index (χ4v) is 5.39. The van der Waals surface area contributed by atoms with Crippen LogP contribution in [0.25, 0.3) is 0 Å². The van der Waals surface area contributed by atoms with Crippen molar-refractivity contribution in [1.29, 1.82) is 0 Å². The van der Waals surface area contributed by atoms with E-state index in [0.717, 1.165) is 5.56 Å². The van der Waals surface area contributed by atoms with Crippen LogP contribution in [0.15, 0.2) is 65.9 Å². The van der Waals surface area contributed by atoms with E-state index in [-0.39, 0.29) is 23.7 Å². The molecule has 1 amide bonds. The average Bonchev–Trinajstić information content (AvgIpc) is 2.82. The molecule has 0 aliphatic carbocycles. The summed E-state index contributed by atoms with van der Waals surface area (Å²) in [6, 6.07) is 15.9. The number of nitrogens with one attached hydrogen (secondary N) is 3. The summed E-state index contributed by atoms with van der Waals surface area (Å²) >= 11 is 1.56. The highest BCUT2D eigenvalue weighted by Gasteiger charge is 2.48. The van der Waals surface area contributed by atoms with E-state index in [0.29, 0.717) is 22.6 Å². The number of non-ortho nitro benzene ring substituents is 1. The van der Waals surface area contributed by atoms with Gasteiger partial charge in [-0.3, -0.25) is 20.2 Å². The molecule has 0 bridgehead atoms. The second-order valence-corrected chi connectivity index (χ2v) is 9.18. The SMILES string of the molecule is CCOC(=O)C1=C(C)NC2NC(SCc3ccccc3)NC(=O)C2C1c1ccc([N+](=O)[O-])cc1. The van der Waals surface area contributed by atoms with Crippen molar-refractivity contribution in [2.75, 3.05) is 6.61 Å². The molecular formula is C24H26N4O5S. The molecule has 2 aliphatic rings. The minimum Gasteiger partial charge on any atom is -0.463 e. The van der Waals surface area contributed by atoms with E-state index in [2.05, 4.69) is 16.0 Å². The lowest BCUT2D eigenvalue weighted by Crippen LogP contribution is -2.67. The number of carbonyl (C=O) groups excluding carboxylic acids is 2. The number of amides is 1. The third kappa shape index (κ3) is 4.92. The van der Waals surface area contributed by atoms with Crippen LogP contribution in [-0.2, 0) is 20.1 Å². The maximum Gasteiger partial charge on any atom is 0.336 e. The molecule has 10 heteroatoms. The Morgan fingerprint density at radius 3 is 2.47 bits per heavy atom. The Kier molecular flexibility index (Phi) is 7.18. The molecular weight excluding hydrogens is 456 g/mol. The normalized spacial score (nSPS) is 24.0. The van der Waals surface area contributed by atoms with Crippen molar-refractivity contribution in [1.82, 2.24) is 16.0 Å². The number of nitrogens with zero attached hydrogens (tertiary/aromatic N) is 1. The molecule has 2 aromatic carbocycles.